The molecule has 2 rings (SSSR count). The second-order valence-corrected chi connectivity index (χ2v) is 3.32. The molecule has 0 spiro atoms. The Kier molecular flexibility index (Phi) is 2.73. The summed E-state index contributed by atoms with van der Waals surface area (Å²) in [7, 11) is 0. The summed E-state index contributed by atoms with van der Waals surface area (Å²) in [6.07, 6.45) is -1.29. The van der Waals surface area contributed by atoms with Crippen LogP contribution in [0.15, 0.2) is 21.5 Å². The van der Waals surface area contributed by atoms with Gasteiger partial charge in [0.1, 0.15) is 12.2 Å². The molecule has 2 heterocycles. The molecular formula is C9H10N2O5. The van der Waals surface area contributed by atoms with E-state index in [0.717, 1.165) is 0 Å². The smallest absolute Gasteiger partial charge is 0.406 e. The molecule has 0 aliphatic heterocycles. The number of nitrogens with one attached hydrogen (secondary N) is 1. The van der Waals surface area contributed by atoms with E-state index in [9.17, 15) is 15.0 Å². The fourth-order valence-corrected chi connectivity index (χ4v) is 1.34. The van der Waals surface area contributed by atoms with Gasteiger partial charge in [-0.1, -0.05) is 0 Å². The van der Waals surface area contributed by atoms with Gasteiger partial charge < -0.3 is 19.7 Å². The molecule has 0 fully saturated rings. The van der Waals surface area contributed by atoms with E-state index < -0.39 is 24.6 Å². The summed E-state index contributed by atoms with van der Waals surface area (Å²) in [5.41, 5.74) is 0.711. The minimum Gasteiger partial charge on any atom is -0.406 e. The van der Waals surface area contributed by atoms with E-state index in [4.69, 9.17) is 9.52 Å². The summed E-state index contributed by atoms with van der Waals surface area (Å²) in [5.74, 6) is -0.642. The predicted molar refractivity (Wildman–Crippen MR) is 52.7 cm³/mol. The third kappa shape index (κ3) is 1.83. The maximum Gasteiger partial charge on any atom is 0.418 e. The van der Waals surface area contributed by atoms with Gasteiger partial charge in [0.2, 0.25) is 0 Å². The molecule has 2 aromatic rings. The highest BCUT2D eigenvalue weighted by Crippen LogP contribution is 2.19. The molecule has 7 nitrogen and oxygen atoms in total. The Bertz CT molecular complexity index is 546. The number of H-pyrrole nitrogens is 1. The van der Waals surface area contributed by atoms with Gasteiger partial charge in [0.15, 0.2) is 11.2 Å². The molecule has 0 aromatic carbocycles. The Balaban J connectivity index is 2.42. The van der Waals surface area contributed by atoms with Crippen molar-refractivity contribution in [3.63, 3.8) is 0 Å². The average molecular weight is 226 g/mol. The molecule has 7 heteroatoms. The van der Waals surface area contributed by atoms with Crippen LogP contribution in [-0.2, 0) is 0 Å². The highest BCUT2D eigenvalue weighted by Gasteiger charge is 2.18. The van der Waals surface area contributed by atoms with E-state index in [1.165, 1.54) is 12.3 Å². The Hall–Kier alpha value is -1.70. The molecule has 0 bridgehead atoms. The largest absolute Gasteiger partial charge is 0.418 e. The summed E-state index contributed by atoms with van der Waals surface area (Å²) in [4.78, 5) is 17.0. The van der Waals surface area contributed by atoms with E-state index in [-0.39, 0.29) is 16.8 Å². The average Bonchev–Trinajstić information content (AvgIpc) is 2.65. The van der Waals surface area contributed by atoms with Gasteiger partial charge in [-0.2, -0.15) is 0 Å². The van der Waals surface area contributed by atoms with Crippen molar-refractivity contribution >= 4 is 11.2 Å². The molecule has 4 N–H and O–H groups in total. The van der Waals surface area contributed by atoms with Crippen LogP contribution in [0.3, 0.4) is 0 Å². The lowest BCUT2D eigenvalue weighted by Crippen LogP contribution is -2.22. The number of rotatable bonds is 3. The lowest BCUT2D eigenvalue weighted by atomic mass is 10.1. The predicted octanol–water partition coefficient (Wildman–Crippen LogP) is -1.10. The second-order valence-electron chi connectivity index (χ2n) is 3.32. The summed E-state index contributed by atoms with van der Waals surface area (Å²) in [5, 5.41) is 27.5. The van der Waals surface area contributed by atoms with Gasteiger partial charge in [-0.25, -0.2) is 9.78 Å². The van der Waals surface area contributed by atoms with E-state index in [1.807, 2.05) is 0 Å². The molecular weight excluding hydrogens is 216 g/mol. The number of hydrogen-bond acceptors (Lipinski definition) is 6. The van der Waals surface area contributed by atoms with Crippen molar-refractivity contribution in [1.82, 2.24) is 9.97 Å². The lowest BCUT2D eigenvalue weighted by Gasteiger charge is -2.14. The van der Waals surface area contributed by atoms with Crippen molar-refractivity contribution in [2.24, 2.45) is 0 Å². The van der Waals surface area contributed by atoms with Crippen LogP contribution in [0.25, 0.3) is 11.2 Å². The van der Waals surface area contributed by atoms with Crippen molar-refractivity contribution in [2.45, 2.75) is 12.2 Å². The molecule has 2 unspecified atom stereocenters. The third-order valence-corrected chi connectivity index (χ3v) is 2.19. The van der Waals surface area contributed by atoms with Crippen molar-refractivity contribution in [1.29, 1.82) is 0 Å². The zero-order valence-corrected chi connectivity index (χ0v) is 8.12. The molecule has 0 aliphatic carbocycles. The van der Waals surface area contributed by atoms with Crippen LogP contribution in [0, 0.1) is 0 Å². The summed E-state index contributed by atoms with van der Waals surface area (Å²) in [6.45, 7) is -0.573. The number of aromatic amines is 1. The Labute approximate surface area is 89.0 Å². The van der Waals surface area contributed by atoms with Gasteiger partial charge in [-0.3, -0.25) is 4.98 Å². The van der Waals surface area contributed by atoms with Crippen molar-refractivity contribution in [2.75, 3.05) is 6.61 Å². The van der Waals surface area contributed by atoms with Crippen LogP contribution in [-0.4, -0.2) is 38.0 Å². The van der Waals surface area contributed by atoms with Crippen molar-refractivity contribution in [3.05, 3.63) is 28.4 Å². The number of hydrogen-bond donors (Lipinski definition) is 4. The molecule has 0 radical (unpaired) electrons. The molecule has 2 aromatic heterocycles. The number of oxazole rings is 1. The first-order valence-corrected chi connectivity index (χ1v) is 4.57. The number of pyridine rings is 1. The van der Waals surface area contributed by atoms with E-state index >= 15 is 0 Å². The molecule has 0 saturated heterocycles. The Morgan fingerprint density at radius 1 is 1.50 bits per heavy atom. The van der Waals surface area contributed by atoms with Gasteiger partial charge in [0.25, 0.3) is 0 Å². The summed E-state index contributed by atoms with van der Waals surface area (Å²) in [6, 6.07) is 1.38. The lowest BCUT2D eigenvalue weighted by molar-refractivity contribution is -0.0153. The fraction of sp³-hybridized carbons (Fsp3) is 0.333. The van der Waals surface area contributed by atoms with Crippen molar-refractivity contribution in [3.8, 4) is 0 Å². The van der Waals surface area contributed by atoms with Crippen LogP contribution in [0.1, 0.15) is 11.7 Å². The first kappa shape index (κ1) is 10.8. The van der Waals surface area contributed by atoms with E-state index in [0.29, 0.717) is 0 Å². The minimum absolute atomic E-state index is 0.187. The Morgan fingerprint density at radius 2 is 2.25 bits per heavy atom. The number of nitrogens with zero attached hydrogens (tertiary/aromatic N) is 1. The van der Waals surface area contributed by atoms with Crippen LogP contribution < -0.4 is 5.76 Å². The first-order valence-electron chi connectivity index (χ1n) is 4.57. The van der Waals surface area contributed by atoms with Crippen molar-refractivity contribution < 1.29 is 19.7 Å². The van der Waals surface area contributed by atoms with Crippen LogP contribution in [0.2, 0.25) is 0 Å². The summed E-state index contributed by atoms with van der Waals surface area (Å²) >= 11 is 0. The highest BCUT2D eigenvalue weighted by molar-refractivity contribution is 5.67. The van der Waals surface area contributed by atoms with Gasteiger partial charge in [0, 0.05) is 11.8 Å². The van der Waals surface area contributed by atoms with E-state index in [2.05, 4.69) is 9.97 Å². The zero-order valence-electron chi connectivity index (χ0n) is 8.12. The van der Waals surface area contributed by atoms with E-state index in [1.54, 1.807) is 0 Å². The standard InChI is InChI=1S/C9H10N2O5/c12-3-5(13)7(14)4-1-6-8(10-2-4)11-9(15)16-6/h1-2,5,7,12-14H,3H2,(H,10,11,15). The second kappa shape index (κ2) is 4.05. The monoisotopic (exact) mass is 226 g/mol. The van der Waals surface area contributed by atoms with Gasteiger partial charge >= 0.3 is 5.76 Å². The highest BCUT2D eigenvalue weighted by atomic mass is 16.4. The zero-order chi connectivity index (χ0) is 11.7. The molecule has 0 amide bonds. The van der Waals surface area contributed by atoms with Crippen LogP contribution in [0.5, 0.6) is 0 Å². The molecule has 0 aliphatic rings. The van der Waals surface area contributed by atoms with Gasteiger partial charge in [-0.15, -0.1) is 0 Å². The minimum atomic E-state index is -1.30. The van der Waals surface area contributed by atoms with Crippen LogP contribution in [0.4, 0.5) is 0 Å². The topological polar surface area (TPSA) is 120 Å². The number of aliphatic hydroxyl groups is 3. The third-order valence-electron chi connectivity index (χ3n) is 2.19. The Morgan fingerprint density at radius 3 is 2.94 bits per heavy atom. The maximum atomic E-state index is 10.8. The summed E-state index contributed by atoms with van der Waals surface area (Å²) < 4.78 is 4.74. The number of aliphatic hydroxyl groups excluding tert-OH is 3. The molecule has 16 heavy (non-hydrogen) atoms. The SMILES string of the molecule is O=c1[nH]c2ncc(C(O)C(O)CO)cc2o1. The number of aromatic nitrogens is 2. The molecule has 2 atom stereocenters. The molecule has 86 valence electrons. The first-order chi connectivity index (χ1) is 7.61. The number of fused-ring (bicyclic) bond motifs is 1. The van der Waals surface area contributed by atoms with Gasteiger partial charge in [-0.05, 0) is 6.07 Å². The fourth-order valence-electron chi connectivity index (χ4n) is 1.34. The van der Waals surface area contributed by atoms with Crippen LogP contribution >= 0.6 is 0 Å². The quantitative estimate of drug-likeness (QED) is 0.527. The maximum absolute atomic E-state index is 10.8. The normalized spacial score (nSPS) is 15.2. The van der Waals surface area contributed by atoms with Gasteiger partial charge in [0.05, 0.1) is 6.61 Å². The molecule has 0 saturated carbocycles.